The first kappa shape index (κ1) is 10.1. The summed E-state index contributed by atoms with van der Waals surface area (Å²) in [6, 6.07) is 6.33. The third-order valence-corrected chi connectivity index (χ3v) is 3.54. The molecule has 0 bridgehead atoms. The molecule has 1 aromatic heterocycles. The van der Waals surface area contributed by atoms with Crippen LogP contribution >= 0.6 is 0 Å². The number of hydrogen-bond acceptors (Lipinski definition) is 3. The fourth-order valence-electron chi connectivity index (χ4n) is 2.44. The zero-order valence-corrected chi connectivity index (χ0v) is 9.94. The zero-order valence-electron chi connectivity index (χ0n) is 9.94. The number of pyridine rings is 1. The van der Waals surface area contributed by atoms with E-state index in [0.717, 1.165) is 32.1 Å². The SMILES string of the molecule is CC(C)c1cccc(N2CC3(COC3)C2)n1. The lowest BCUT2D eigenvalue weighted by atomic mass is 9.78. The van der Waals surface area contributed by atoms with Crippen molar-refractivity contribution in [1.29, 1.82) is 0 Å². The van der Waals surface area contributed by atoms with Gasteiger partial charge in [-0.2, -0.15) is 0 Å². The smallest absolute Gasteiger partial charge is 0.128 e. The first-order chi connectivity index (χ1) is 7.69. The summed E-state index contributed by atoms with van der Waals surface area (Å²) >= 11 is 0. The molecule has 16 heavy (non-hydrogen) atoms. The average molecular weight is 218 g/mol. The quantitative estimate of drug-likeness (QED) is 0.759. The molecule has 2 aliphatic rings. The molecule has 0 aliphatic carbocycles. The zero-order chi connectivity index (χ0) is 11.2. The van der Waals surface area contributed by atoms with Crippen molar-refractivity contribution >= 4 is 5.82 Å². The summed E-state index contributed by atoms with van der Waals surface area (Å²) in [6.07, 6.45) is 0. The van der Waals surface area contributed by atoms with Gasteiger partial charge in [0.25, 0.3) is 0 Å². The van der Waals surface area contributed by atoms with Crippen LogP contribution in [0.5, 0.6) is 0 Å². The molecule has 0 amide bonds. The molecule has 2 aliphatic heterocycles. The van der Waals surface area contributed by atoms with E-state index in [9.17, 15) is 0 Å². The lowest BCUT2D eigenvalue weighted by Crippen LogP contribution is -2.66. The van der Waals surface area contributed by atoms with Gasteiger partial charge in [0.1, 0.15) is 5.82 Å². The number of anilines is 1. The van der Waals surface area contributed by atoms with Crippen LogP contribution in [0.3, 0.4) is 0 Å². The molecule has 0 radical (unpaired) electrons. The second-order valence-corrected chi connectivity index (χ2v) is 5.42. The topological polar surface area (TPSA) is 25.4 Å². The minimum Gasteiger partial charge on any atom is -0.380 e. The number of ether oxygens (including phenoxy) is 1. The molecular formula is C13H18N2O. The number of hydrogen-bond donors (Lipinski definition) is 0. The number of nitrogens with zero attached hydrogens (tertiary/aromatic N) is 2. The Labute approximate surface area is 96.4 Å². The van der Waals surface area contributed by atoms with Gasteiger partial charge in [-0.05, 0) is 18.1 Å². The van der Waals surface area contributed by atoms with E-state index in [4.69, 9.17) is 9.72 Å². The van der Waals surface area contributed by atoms with Crippen LogP contribution in [0.2, 0.25) is 0 Å². The second-order valence-electron chi connectivity index (χ2n) is 5.42. The Balaban J connectivity index is 1.73. The Bertz CT molecular complexity index is 391. The maximum atomic E-state index is 5.28. The van der Waals surface area contributed by atoms with Crippen molar-refractivity contribution in [2.45, 2.75) is 19.8 Å². The molecule has 3 nitrogen and oxygen atoms in total. The van der Waals surface area contributed by atoms with Gasteiger partial charge in [0.05, 0.1) is 18.6 Å². The van der Waals surface area contributed by atoms with Crippen LogP contribution in [0.25, 0.3) is 0 Å². The standard InChI is InChI=1S/C13H18N2O/c1-10(2)11-4-3-5-12(14-11)15-6-13(7-15)8-16-9-13/h3-5,10H,6-9H2,1-2H3. The van der Waals surface area contributed by atoms with Crippen LogP contribution < -0.4 is 4.90 Å². The summed E-state index contributed by atoms with van der Waals surface area (Å²) in [5.41, 5.74) is 1.65. The van der Waals surface area contributed by atoms with Crippen LogP contribution in [0.1, 0.15) is 25.5 Å². The van der Waals surface area contributed by atoms with Gasteiger partial charge >= 0.3 is 0 Å². The summed E-state index contributed by atoms with van der Waals surface area (Å²) in [6.45, 7) is 8.47. The molecule has 0 aromatic carbocycles. The van der Waals surface area contributed by atoms with Crippen molar-refractivity contribution in [3.63, 3.8) is 0 Å². The van der Waals surface area contributed by atoms with Gasteiger partial charge in [-0.1, -0.05) is 19.9 Å². The summed E-state index contributed by atoms with van der Waals surface area (Å²) < 4.78 is 5.28. The lowest BCUT2D eigenvalue weighted by molar-refractivity contribution is -0.127. The van der Waals surface area contributed by atoms with Gasteiger partial charge in [0.2, 0.25) is 0 Å². The molecule has 0 saturated carbocycles. The van der Waals surface area contributed by atoms with Crippen LogP contribution in [0.15, 0.2) is 18.2 Å². The van der Waals surface area contributed by atoms with Crippen LogP contribution in [0, 0.1) is 5.41 Å². The maximum absolute atomic E-state index is 5.28. The average Bonchev–Trinajstić information content (AvgIpc) is 2.14. The summed E-state index contributed by atoms with van der Waals surface area (Å²) in [5, 5.41) is 0. The molecule has 3 heteroatoms. The van der Waals surface area contributed by atoms with E-state index >= 15 is 0 Å². The minimum absolute atomic E-state index is 0.468. The molecule has 0 atom stereocenters. The van der Waals surface area contributed by atoms with Crippen LogP contribution in [-0.4, -0.2) is 31.3 Å². The highest BCUT2D eigenvalue weighted by Gasteiger charge is 2.49. The van der Waals surface area contributed by atoms with E-state index in [1.165, 1.54) is 5.69 Å². The highest BCUT2D eigenvalue weighted by atomic mass is 16.5. The molecule has 3 rings (SSSR count). The van der Waals surface area contributed by atoms with Gasteiger partial charge in [0.15, 0.2) is 0 Å². The Hall–Kier alpha value is -1.09. The Morgan fingerprint density at radius 3 is 2.62 bits per heavy atom. The molecule has 1 aromatic rings. The molecular weight excluding hydrogens is 200 g/mol. The highest BCUT2D eigenvalue weighted by molar-refractivity contribution is 5.44. The Morgan fingerprint density at radius 1 is 1.31 bits per heavy atom. The largest absolute Gasteiger partial charge is 0.380 e. The lowest BCUT2D eigenvalue weighted by Gasteiger charge is -2.55. The van der Waals surface area contributed by atoms with E-state index in [2.05, 4.69) is 36.9 Å². The first-order valence-electron chi connectivity index (χ1n) is 5.98. The summed E-state index contributed by atoms with van der Waals surface area (Å²) in [4.78, 5) is 7.06. The maximum Gasteiger partial charge on any atom is 0.128 e. The first-order valence-corrected chi connectivity index (χ1v) is 5.98. The predicted molar refractivity (Wildman–Crippen MR) is 63.8 cm³/mol. The predicted octanol–water partition coefficient (Wildman–Crippen LogP) is 2.04. The van der Waals surface area contributed by atoms with Gasteiger partial charge < -0.3 is 9.64 Å². The number of aromatic nitrogens is 1. The fourth-order valence-corrected chi connectivity index (χ4v) is 2.44. The Kier molecular flexibility index (Phi) is 2.18. The fraction of sp³-hybridized carbons (Fsp3) is 0.615. The van der Waals surface area contributed by atoms with Crippen LogP contribution in [-0.2, 0) is 4.74 Å². The van der Waals surface area contributed by atoms with Crippen molar-refractivity contribution in [3.8, 4) is 0 Å². The Morgan fingerprint density at radius 2 is 2.06 bits per heavy atom. The van der Waals surface area contributed by atoms with Gasteiger partial charge in [0, 0.05) is 18.8 Å². The number of rotatable bonds is 2. The molecule has 1 spiro atoms. The van der Waals surface area contributed by atoms with E-state index < -0.39 is 0 Å². The van der Waals surface area contributed by atoms with Crippen molar-refractivity contribution in [3.05, 3.63) is 23.9 Å². The normalized spacial score (nSPS) is 22.1. The van der Waals surface area contributed by atoms with Gasteiger partial charge in [-0.15, -0.1) is 0 Å². The van der Waals surface area contributed by atoms with Crippen molar-refractivity contribution in [1.82, 2.24) is 4.98 Å². The van der Waals surface area contributed by atoms with E-state index in [1.807, 2.05) is 0 Å². The molecule has 0 unspecified atom stereocenters. The molecule has 2 saturated heterocycles. The van der Waals surface area contributed by atoms with Gasteiger partial charge in [-0.3, -0.25) is 0 Å². The van der Waals surface area contributed by atoms with E-state index in [-0.39, 0.29) is 0 Å². The van der Waals surface area contributed by atoms with Crippen molar-refractivity contribution < 1.29 is 4.74 Å². The van der Waals surface area contributed by atoms with Crippen molar-refractivity contribution in [2.24, 2.45) is 5.41 Å². The van der Waals surface area contributed by atoms with E-state index in [0.29, 0.717) is 11.3 Å². The third kappa shape index (κ3) is 1.50. The van der Waals surface area contributed by atoms with E-state index in [1.54, 1.807) is 0 Å². The second kappa shape index (κ2) is 3.45. The van der Waals surface area contributed by atoms with Crippen LogP contribution in [0.4, 0.5) is 5.82 Å². The highest BCUT2D eigenvalue weighted by Crippen LogP contribution is 2.39. The minimum atomic E-state index is 0.468. The summed E-state index contributed by atoms with van der Waals surface area (Å²) in [7, 11) is 0. The molecule has 3 heterocycles. The monoisotopic (exact) mass is 218 g/mol. The third-order valence-electron chi connectivity index (χ3n) is 3.54. The van der Waals surface area contributed by atoms with Crippen molar-refractivity contribution in [2.75, 3.05) is 31.2 Å². The molecule has 2 fully saturated rings. The molecule has 86 valence electrons. The van der Waals surface area contributed by atoms with Gasteiger partial charge in [-0.25, -0.2) is 4.98 Å². The summed E-state index contributed by atoms with van der Waals surface area (Å²) in [5.74, 6) is 1.63. The molecule has 0 N–H and O–H groups in total.